The number of nitrogens with one attached hydrogen (secondary N) is 1. The Morgan fingerprint density at radius 2 is 2.12 bits per heavy atom. The van der Waals surface area contributed by atoms with Crippen LogP contribution in [-0.2, 0) is 0 Å². The Kier molecular flexibility index (Phi) is 2.68. The summed E-state index contributed by atoms with van der Waals surface area (Å²) >= 11 is 0. The molecule has 1 N–H and O–H groups in total. The summed E-state index contributed by atoms with van der Waals surface area (Å²) in [6.07, 6.45) is 7.88. The van der Waals surface area contributed by atoms with Crippen LogP contribution in [0.4, 0.5) is 5.82 Å². The Balaban J connectivity index is 1.87. The average Bonchev–Trinajstić information content (AvgIpc) is 2.87. The van der Waals surface area contributed by atoms with Gasteiger partial charge in [-0.2, -0.15) is 5.10 Å². The lowest BCUT2D eigenvalue weighted by Gasteiger charge is -2.32. The van der Waals surface area contributed by atoms with Gasteiger partial charge in [-0.3, -0.25) is 0 Å². The molecule has 2 aromatic rings. The lowest BCUT2D eigenvalue weighted by atomic mass is 10.1. The van der Waals surface area contributed by atoms with Crippen LogP contribution in [0.1, 0.15) is 12.8 Å². The van der Waals surface area contributed by atoms with Gasteiger partial charge in [-0.15, -0.1) is 0 Å². The number of hydrogen-bond acceptors (Lipinski definition) is 4. The number of aromatic nitrogens is 3. The van der Waals surface area contributed by atoms with Crippen LogP contribution in [0.5, 0.6) is 0 Å². The largest absolute Gasteiger partial charge is 0.355 e. The van der Waals surface area contributed by atoms with Gasteiger partial charge in [-0.1, -0.05) is 0 Å². The van der Waals surface area contributed by atoms with Gasteiger partial charge in [-0.05, 0) is 26.0 Å². The minimum Gasteiger partial charge on any atom is -0.355 e. The van der Waals surface area contributed by atoms with Crippen LogP contribution in [0.2, 0.25) is 0 Å². The number of anilines is 1. The highest BCUT2D eigenvalue weighted by atomic mass is 15.3. The van der Waals surface area contributed by atoms with Crippen LogP contribution in [0.25, 0.3) is 5.52 Å². The molecule has 0 amide bonds. The minimum atomic E-state index is 0.649. The highest BCUT2D eigenvalue weighted by Gasteiger charge is 2.20. The van der Waals surface area contributed by atoms with E-state index in [0.29, 0.717) is 6.04 Å². The van der Waals surface area contributed by atoms with Gasteiger partial charge < -0.3 is 10.2 Å². The molecular weight excluding hydrogens is 214 g/mol. The van der Waals surface area contributed by atoms with E-state index in [-0.39, 0.29) is 0 Å². The summed E-state index contributed by atoms with van der Waals surface area (Å²) in [5, 5.41) is 7.59. The van der Waals surface area contributed by atoms with Crippen LogP contribution in [-0.4, -0.2) is 40.8 Å². The highest BCUT2D eigenvalue weighted by molar-refractivity contribution is 5.68. The molecular formula is C12H17N5. The van der Waals surface area contributed by atoms with E-state index in [1.165, 1.54) is 12.8 Å². The van der Waals surface area contributed by atoms with E-state index in [1.54, 1.807) is 0 Å². The third-order valence-electron chi connectivity index (χ3n) is 3.51. The Morgan fingerprint density at radius 3 is 2.88 bits per heavy atom. The predicted octanol–water partition coefficient (Wildman–Crippen LogP) is 0.917. The summed E-state index contributed by atoms with van der Waals surface area (Å²) in [7, 11) is 2.04. The van der Waals surface area contributed by atoms with Crippen molar-refractivity contribution in [2.75, 3.05) is 25.0 Å². The van der Waals surface area contributed by atoms with Gasteiger partial charge >= 0.3 is 0 Å². The maximum atomic E-state index is 4.50. The van der Waals surface area contributed by atoms with Crippen molar-refractivity contribution in [2.45, 2.75) is 18.9 Å². The van der Waals surface area contributed by atoms with Crippen molar-refractivity contribution in [3.63, 3.8) is 0 Å². The van der Waals surface area contributed by atoms with Crippen molar-refractivity contribution < 1.29 is 0 Å². The summed E-state index contributed by atoms with van der Waals surface area (Å²) in [4.78, 5) is 6.85. The zero-order chi connectivity index (χ0) is 11.7. The fraction of sp³-hybridized carbons (Fsp3) is 0.500. The van der Waals surface area contributed by atoms with Crippen molar-refractivity contribution in [2.24, 2.45) is 0 Å². The van der Waals surface area contributed by atoms with Gasteiger partial charge in [0.1, 0.15) is 5.52 Å². The summed E-state index contributed by atoms with van der Waals surface area (Å²) in [5.74, 6) is 1.06. The lowest BCUT2D eigenvalue weighted by Crippen LogP contribution is -2.41. The second-order valence-electron chi connectivity index (χ2n) is 4.46. The lowest BCUT2D eigenvalue weighted by molar-refractivity contribution is 0.441. The van der Waals surface area contributed by atoms with Crippen molar-refractivity contribution >= 4 is 11.3 Å². The van der Waals surface area contributed by atoms with Crippen LogP contribution in [0.3, 0.4) is 0 Å². The fourth-order valence-electron chi connectivity index (χ4n) is 2.47. The standard InChI is InChI=1S/C12H17N5/c1-13-10-3-7-16(8-4-10)12-11-2-5-15-17(11)9-6-14-12/h2,5-6,9-10,13H,3-4,7-8H2,1H3. The molecule has 0 radical (unpaired) electrons. The Labute approximate surface area is 100 Å². The van der Waals surface area contributed by atoms with Crippen LogP contribution < -0.4 is 10.2 Å². The second kappa shape index (κ2) is 4.33. The van der Waals surface area contributed by atoms with E-state index in [9.17, 15) is 0 Å². The molecule has 0 saturated carbocycles. The first-order valence-corrected chi connectivity index (χ1v) is 6.09. The fourth-order valence-corrected chi connectivity index (χ4v) is 2.47. The monoisotopic (exact) mass is 231 g/mol. The summed E-state index contributed by atoms with van der Waals surface area (Å²) in [5.41, 5.74) is 1.09. The van der Waals surface area contributed by atoms with Crippen LogP contribution in [0, 0.1) is 0 Å². The molecule has 0 spiro atoms. The topological polar surface area (TPSA) is 45.5 Å². The van der Waals surface area contributed by atoms with Crippen LogP contribution >= 0.6 is 0 Å². The predicted molar refractivity (Wildman–Crippen MR) is 67.3 cm³/mol. The summed E-state index contributed by atoms with van der Waals surface area (Å²) in [6, 6.07) is 2.67. The zero-order valence-corrected chi connectivity index (χ0v) is 10.0. The molecule has 17 heavy (non-hydrogen) atoms. The first-order chi connectivity index (χ1) is 8.38. The smallest absolute Gasteiger partial charge is 0.154 e. The first-order valence-electron chi connectivity index (χ1n) is 6.09. The van der Waals surface area contributed by atoms with E-state index in [0.717, 1.165) is 24.4 Å². The van der Waals surface area contributed by atoms with E-state index >= 15 is 0 Å². The van der Waals surface area contributed by atoms with Gasteiger partial charge in [0.15, 0.2) is 5.82 Å². The van der Waals surface area contributed by atoms with Gasteiger partial charge in [0, 0.05) is 31.5 Å². The summed E-state index contributed by atoms with van der Waals surface area (Å²) < 4.78 is 1.88. The van der Waals surface area contributed by atoms with Crippen LogP contribution in [0.15, 0.2) is 24.7 Å². The molecule has 1 saturated heterocycles. The molecule has 3 heterocycles. The van der Waals surface area contributed by atoms with Gasteiger partial charge in [0.05, 0.1) is 6.20 Å². The Hall–Kier alpha value is -1.62. The summed E-state index contributed by atoms with van der Waals surface area (Å²) in [6.45, 7) is 2.12. The van der Waals surface area contributed by atoms with Crippen molar-refractivity contribution in [1.82, 2.24) is 19.9 Å². The molecule has 0 bridgehead atoms. The average molecular weight is 231 g/mol. The molecule has 1 fully saturated rings. The number of nitrogens with zero attached hydrogens (tertiary/aromatic N) is 4. The molecule has 0 unspecified atom stereocenters. The molecule has 90 valence electrons. The molecule has 5 heteroatoms. The third kappa shape index (κ3) is 1.86. The van der Waals surface area contributed by atoms with Gasteiger partial charge in [-0.25, -0.2) is 9.50 Å². The Morgan fingerprint density at radius 1 is 1.29 bits per heavy atom. The first kappa shape index (κ1) is 10.5. The molecule has 1 aliphatic rings. The molecule has 5 nitrogen and oxygen atoms in total. The van der Waals surface area contributed by atoms with Gasteiger partial charge in [0.25, 0.3) is 0 Å². The highest BCUT2D eigenvalue weighted by Crippen LogP contribution is 2.22. The second-order valence-corrected chi connectivity index (χ2v) is 4.46. The zero-order valence-electron chi connectivity index (χ0n) is 10.0. The maximum Gasteiger partial charge on any atom is 0.154 e. The quantitative estimate of drug-likeness (QED) is 0.834. The van der Waals surface area contributed by atoms with E-state index in [1.807, 2.05) is 36.2 Å². The normalized spacial score (nSPS) is 17.8. The van der Waals surface area contributed by atoms with Crippen molar-refractivity contribution in [3.05, 3.63) is 24.7 Å². The molecule has 2 aromatic heterocycles. The molecule has 3 rings (SSSR count). The SMILES string of the molecule is CNC1CCN(c2nccn3nccc23)CC1. The Bertz CT molecular complexity index is 498. The molecule has 1 aliphatic heterocycles. The van der Waals surface area contributed by atoms with Gasteiger partial charge in [0.2, 0.25) is 0 Å². The van der Waals surface area contributed by atoms with E-state index in [4.69, 9.17) is 0 Å². The van der Waals surface area contributed by atoms with Crippen molar-refractivity contribution in [3.8, 4) is 0 Å². The van der Waals surface area contributed by atoms with E-state index < -0.39 is 0 Å². The third-order valence-corrected chi connectivity index (χ3v) is 3.51. The number of fused-ring (bicyclic) bond motifs is 1. The number of piperidine rings is 1. The van der Waals surface area contributed by atoms with E-state index in [2.05, 4.69) is 20.3 Å². The number of rotatable bonds is 2. The minimum absolute atomic E-state index is 0.649. The molecule has 0 aliphatic carbocycles. The maximum absolute atomic E-state index is 4.50. The van der Waals surface area contributed by atoms with Crippen molar-refractivity contribution in [1.29, 1.82) is 0 Å². The molecule has 0 atom stereocenters. The number of hydrogen-bond donors (Lipinski definition) is 1. The molecule has 0 aromatic carbocycles.